The first-order chi connectivity index (χ1) is 8.42. The molecule has 0 aromatic carbocycles. The Morgan fingerprint density at radius 3 is 2.78 bits per heavy atom. The van der Waals surface area contributed by atoms with Gasteiger partial charge in [0.05, 0.1) is 6.04 Å². The molecule has 0 saturated carbocycles. The average Bonchev–Trinajstić information content (AvgIpc) is 2.27. The Morgan fingerprint density at radius 1 is 1.56 bits per heavy atom. The molecule has 1 heterocycles. The van der Waals surface area contributed by atoms with E-state index in [-0.39, 0.29) is 12.6 Å². The smallest absolute Gasteiger partial charge is 0.408 e. The highest BCUT2D eigenvalue weighted by Crippen LogP contribution is 2.16. The van der Waals surface area contributed by atoms with E-state index in [1.54, 1.807) is 39.2 Å². The van der Waals surface area contributed by atoms with Gasteiger partial charge in [0.15, 0.2) is 0 Å². The zero-order valence-electron chi connectivity index (χ0n) is 11.0. The van der Waals surface area contributed by atoms with E-state index >= 15 is 0 Å². The highest BCUT2D eigenvalue weighted by atomic mass is 16.6. The van der Waals surface area contributed by atoms with Crippen LogP contribution >= 0.6 is 0 Å². The van der Waals surface area contributed by atoms with Gasteiger partial charge < -0.3 is 15.2 Å². The van der Waals surface area contributed by atoms with Gasteiger partial charge in [0.1, 0.15) is 5.60 Å². The molecule has 0 aliphatic carbocycles. The summed E-state index contributed by atoms with van der Waals surface area (Å²) in [7, 11) is 0. The van der Waals surface area contributed by atoms with Crippen molar-refractivity contribution in [3.8, 4) is 0 Å². The van der Waals surface area contributed by atoms with Crippen molar-refractivity contribution in [2.45, 2.75) is 38.8 Å². The number of amides is 1. The molecular weight excluding hydrogens is 232 g/mol. The number of alkyl carbamates (subject to hydrolysis) is 1. The molecule has 5 heteroatoms. The van der Waals surface area contributed by atoms with Crippen molar-refractivity contribution < 1.29 is 14.6 Å². The average molecular weight is 252 g/mol. The van der Waals surface area contributed by atoms with Crippen molar-refractivity contribution in [1.82, 2.24) is 10.3 Å². The molecule has 0 aliphatic rings. The van der Waals surface area contributed by atoms with E-state index in [4.69, 9.17) is 9.84 Å². The minimum atomic E-state index is -0.539. The van der Waals surface area contributed by atoms with Gasteiger partial charge in [-0.1, -0.05) is 6.07 Å². The summed E-state index contributed by atoms with van der Waals surface area (Å²) in [6.07, 6.45) is 3.25. The van der Waals surface area contributed by atoms with Crippen molar-refractivity contribution in [3.05, 3.63) is 30.1 Å². The summed E-state index contributed by atoms with van der Waals surface area (Å²) >= 11 is 0. The normalized spacial score (nSPS) is 12.9. The summed E-state index contributed by atoms with van der Waals surface area (Å²) in [4.78, 5) is 15.7. The molecule has 0 fully saturated rings. The summed E-state index contributed by atoms with van der Waals surface area (Å²) < 4.78 is 5.18. The Hall–Kier alpha value is -1.62. The van der Waals surface area contributed by atoms with E-state index in [2.05, 4.69) is 10.3 Å². The lowest BCUT2D eigenvalue weighted by Crippen LogP contribution is -2.35. The number of aromatic nitrogens is 1. The number of ether oxygens (including phenoxy) is 1. The van der Waals surface area contributed by atoms with E-state index in [1.807, 2.05) is 6.07 Å². The summed E-state index contributed by atoms with van der Waals surface area (Å²) in [5.41, 5.74) is 0.306. The highest BCUT2D eigenvalue weighted by molar-refractivity contribution is 5.68. The Bertz CT molecular complexity index is 374. The minimum absolute atomic E-state index is 0.0185. The molecule has 1 aromatic heterocycles. The Balaban J connectivity index is 2.67. The van der Waals surface area contributed by atoms with Gasteiger partial charge >= 0.3 is 6.09 Å². The standard InChI is InChI=1S/C13H20N2O3/c1-13(2,3)18-12(17)15-11(6-8-16)10-5-4-7-14-9-10/h4-5,7,9,11,16H,6,8H2,1-3H3,(H,15,17)/t11-/m1/s1. The molecule has 0 saturated heterocycles. The number of aliphatic hydroxyl groups excluding tert-OH is 1. The predicted octanol–water partition coefficient (Wildman–Crippen LogP) is 2.03. The molecule has 0 spiro atoms. The predicted molar refractivity (Wildman–Crippen MR) is 68.1 cm³/mol. The minimum Gasteiger partial charge on any atom is -0.444 e. The fourth-order valence-corrected chi connectivity index (χ4v) is 1.48. The van der Waals surface area contributed by atoms with Crippen molar-refractivity contribution in [2.24, 2.45) is 0 Å². The second kappa shape index (κ2) is 6.35. The SMILES string of the molecule is CC(C)(C)OC(=O)N[C@H](CCO)c1cccnc1. The van der Waals surface area contributed by atoms with Crippen LogP contribution in [0.15, 0.2) is 24.5 Å². The summed E-state index contributed by atoms with van der Waals surface area (Å²) in [6.45, 7) is 5.39. The van der Waals surface area contributed by atoms with Gasteiger partial charge in [-0.05, 0) is 38.8 Å². The first-order valence-corrected chi connectivity index (χ1v) is 5.92. The van der Waals surface area contributed by atoms with E-state index < -0.39 is 11.7 Å². The second-order valence-electron chi connectivity index (χ2n) is 5.00. The van der Waals surface area contributed by atoms with Crippen LogP contribution in [0.4, 0.5) is 4.79 Å². The third-order valence-electron chi connectivity index (χ3n) is 2.20. The second-order valence-corrected chi connectivity index (χ2v) is 5.00. The van der Waals surface area contributed by atoms with Crippen molar-refractivity contribution in [1.29, 1.82) is 0 Å². The first-order valence-electron chi connectivity index (χ1n) is 5.92. The lowest BCUT2D eigenvalue weighted by atomic mass is 10.1. The van der Waals surface area contributed by atoms with Crippen LogP contribution in [0, 0.1) is 0 Å². The van der Waals surface area contributed by atoms with Gasteiger partial charge in [-0.15, -0.1) is 0 Å². The topological polar surface area (TPSA) is 71.5 Å². The number of aliphatic hydroxyl groups is 1. The quantitative estimate of drug-likeness (QED) is 0.860. The zero-order valence-corrected chi connectivity index (χ0v) is 11.0. The maximum absolute atomic E-state index is 11.7. The molecule has 2 N–H and O–H groups in total. The maximum Gasteiger partial charge on any atom is 0.408 e. The first kappa shape index (κ1) is 14.4. The molecule has 0 bridgehead atoms. The molecule has 5 nitrogen and oxygen atoms in total. The van der Waals surface area contributed by atoms with Crippen LogP contribution in [0.25, 0.3) is 0 Å². The van der Waals surface area contributed by atoms with E-state index in [1.165, 1.54) is 0 Å². The molecule has 1 rings (SSSR count). The third kappa shape index (κ3) is 5.14. The van der Waals surface area contributed by atoms with Gasteiger partial charge in [0, 0.05) is 19.0 Å². The Morgan fingerprint density at radius 2 is 2.28 bits per heavy atom. The van der Waals surface area contributed by atoms with E-state index in [0.29, 0.717) is 6.42 Å². The van der Waals surface area contributed by atoms with Gasteiger partial charge in [-0.25, -0.2) is 4.79 Å². The van der Waals surface area contributed by atoms with Crippen LogP contribution in [0.2, 0.25) is 0 Å². The maximum atomic E-state index is 11.7. The third-order valence-corrected chi connectivity index (χ3v) is 2.20. The van der Waals surface area contributed by atoms with Crippen LogP contribution in [-0.2, 0) is 4.74 Å². The van der Waals surface area contributed by atoms with Crippen molar-refractivity contribution in [2.75, 3.05) is 6.61 Å². The van der Waals surface area contributed by atoms with Crippen LogP contribution in [0.1, 0.15) is 38.8 Å². The van der Waals surface area contributed by atoms with Crippen LogP contribution < -0.4 is 5.32 Å². The number of nitrogens with zero attached hydrogens (tertiary/aromatic N) is 1. The molecule has 100 valence electrons. The molecule has 1 aromatic rings. The molecular formula is C13H20N2O3. The van der Waals surface area contributed by atoms with Crippen molar-refractivity contribution in [3.63, 3.8) is 0 Å². The number of hydrogen-bond acceptors (Lipinski definition) is 4. The van der Waals surface area contributed by atoms with E-state index in [0.717, 1.165) is 5.56 Å². The number of nitrogens with one attached hydrogen (secondary N) is 1. The van der Waals surface area contributed by atoms with Crippen LogP contribution in [0.3, 0.4) is 0 Å². The fraction of sp³-hybridized carbons (Fsp3) is 0.538. The monoisotopic (exact) mass is 252 g/mol. The highest BCUT2D eigenvalue weighted by Gasteiger charge is 2.20. The summed E-state index contributed by atoms with van der Waals surface area (Å²) in [5, 5.41) is 11.8. The molecule has 18 heavy (non-hydrogen) atoms. The number of hydrogen-bond donors (Lipinski definition) is 2. The molecule has 1 amide bonds. The van der Waals surface area contributed by atoms with Crippen LogP contribution in [0.5, 0.6) is 0 Å². The van der Waals surface area contributed by atoms with Gasteiger partial charge in [-0.2, -0.15) is 0 Å². The molecule has 0 aliphatic heterocycles. The van der Waals surface area contributed by atoms with Gasteiger partial charge in [0.2, 0.25) is 0 Å². The Labute approximate surface area is 107 Å². The van der Waals surface area contributed by atoms with Gasteiger partial charge in [-0.3, -0.25) is 4.98 Å². The zero-order chi connectivity index (χ0) is 13.6. The molecule has 0 unspecified atom stereocenters. The number of carbonyl (C=O) groups excluding carboxylic acids is 1. The Kier molecular flexibility index (Phi) is 5.09. The van der Waals surface area contributed by atoms with E-state index in [9.17, 15) is 4.79 Å². The summed E-state index contributed by atoms with van der Waals surface area (Å²) in [6, 6.07) is 3.35. The lowest BCUT2D eigenvalue weighted by Gasteiger charge is -2.23. The molecule has 1 atom stereocenters. The summed E-state index contributed by atoms with van der Waals surface area (Å²) in [5.74, 6) is 0. The number of rotatable bonds is 4. The van der Waals surface area contributed by atoms with Crippen LogP contribution in [-0.4, -0.2) is 28.4 Å². The van der Waals surface area contributed by atoms with Crippen molar-refractivity contribution >= 4 is 6.09 Å². The lowest BCUT2D eigenvalue weighted by molar-refractivity contribution is 0.0496. The molecule has 0 radical (unpaired) electrons. The van der Waals surface area contributed by atoms with Gasteiger partial charge in [0.25, 0.3) is 0 Å². The number of pyridine rings is 1. The largest absolute Gasteiger partial charge is 0.444 e. The fourth-order valence-electron chi connectivity index (χ4n) is 1.48. The number of carbonyl (C=O) groups is 1.